The standard InChI is InChI=1S/C17H20ClN3/c1-13-7-10-19-17(18)16(13)20-14-8-11-21(12-9-14)15-5-3-2-4-6-15/h2-7,10,14,20H,8-9,11-12H2,1H3. The highest BCUT2D eigenvalue weighted by Gasteiger charge is 2.20. The Morgan fingerprint density at radius 3 is 2.52 bits per heavy atom. The van der Waals surface area contributed by atoms with Gasteiger partial charge in [-0.2, -0.15) is 0 Å². The summed E-state index contributed by atoms with van der Waals surface area (Å²) in [4.78, 5) is 6.60. The van der Waals surface area contributed by atoms with Gasteiger partial charge < -0.3 is 10.2 Å². The number of rotatable bonds is 3. The maximum Gasteiger partial charge on any atom is 0.152 e. The summed E-state index contributed by atoms with van der Waals surface area (Å²) in [6, 6.07) is 13.1. The average molecular weight is 302 g/mol. The van der Waals surface area contributed by atoms with Gasteiger partial charge in [-0.1, -0.05) is 29.8 Å². The van der Waals surface area contributed by atoms with Gasteiger partial charge in [0.2, 0.25) is 0 Å². The first-order chi connectivity index (χ1) is 10.2. The fourth-order valence-corrected chi connectivity index (χ4v) is 3.08. The van der Waals surface area contributed by atoms with E-state index < -0.39 is 0 Å². The fourth-order valence-electron chi connectivity index (χ4n) is 2.82. The molecule has 1 aromatic carbocycles. The van der Waals surface area contributed by atoms with E-state index in [1.807, 2.05) is 6.07 Å². The van der Waals surface area contributed by atoms with Gasteiger partial charge in [0.15, 0.2) is 5.15 Å². The van der Waals surface area contributed by atoms with Crippen molar-refractivity contribution in [3.8, 4) is 0 Å². The summed E-state index contributed by atoms with van der Waals surface area (Å²) in [5.41, 5.74) is 3.45. The van der Waals surface area contributed by atoms with Gasteiger partial charge in [0, 0.05) is 31.0 Å². The molecule has 0 unspecified atom stereocenters. The van der Waals surface area contributed by atoms with Gasteiger partial charge in [-0.05, 0) is 43.5 Å². The van der Waals surface area contributed by atoms with E-state index in [2.05, 4.69) is 52.5 Å². The first-order valence-electron chi connectivity index (χ1n) is 7.41. The first-order valence-corrected chi connectivity index (χ1v) is 7.79. The van der Waals surface area contributed by atoms with Crippen molar-refractivity contribution in [1.29, 1.82) is 0 Å². The van der Waals surface area contributed by atoms with Crippen LogP contribution >= 0.6 is 11.6 Å². The van der Waals surface area contributed by atoms with Crippen molar-refractivity contribution in [2.75, 3.05) is 23.3 Å². The molecule has 2 aromatic rings. The van der Waals surface area contributed by atoms with Crippen LogP contribution in [0, 0.1) is 6.92 Å². The zero-order chi connectivity index (χ0) is 14.7. The van der Waals surface area contributed by atoms with Crippen molar-refractivity contribution >= 4 is 23.0 Å². The Kier molecular flexibility index (Phi) is 4.30. The van der Waals surface area contributed by atoms with Crippen LogP contribution in [0.5, 0.6) is 0 Å². The van der Waals surface area contributed by atoms with Crippen LogP contribution in [0.15, 0.2) is 42.6 Å². The van der Waals surface area contributed by atoms with Crippen LogP contribution in [0.4, 0.5) is 11.4 Å². The molecule has 3 rings (SSSR count). The zero-order valence-corrected chi connectivity index (χ0v) is 13.0. The van der Waals surface area contributed by atoms with Crippen LogP contribution in [0.2, 0.25) is 5.15 Å². The molecule has 0 saturated carbocycles. The number of pyridine rings is 1. The molecule has 2 heterocycles. The number of nitrogens with one attached hydrogen (secondary N) is 1. The molecule has 0 spiro atoms. The quantitative estimate of drug-likeness (QED) is 0.864. The largest absolute Gasteiger partial charge is 0.379 e. The lowest BCUT2D eigenvalue weighted by Crippen LogP contribution is -2.39. The van der Waals surface area contributed by atoms with Gasteiger partial charge in [-0.3, -0.25) is 0 Å². The summed E-state index contributed by atoms with van der Waals surface area (Å²) >= 11 is 6.19. The average Bonchev–Trinajstić information content (AvgIpc) is 2.53. The van der Waals surface area contributed by atoms with E-state index >= 15 is 0 Å². The minimum atomic E-state index is 0.463. The molecular weight excluding hydrogens is 282 g/mol. The number of benzene rings is 1. The minimum absolute atomic E-state index is 0.463. The van der Waals surface area contributed by atoms with Gasteiger partial charge >= 0.3 is 0 Å². The molecule has 1 aromatic heterocycles. The summed E-state index contributed by atoms with van der Waals surface area (Å²) in [6.07, 6.45) is 3.97. The Labute approximate surface area is 131 Å². The minimum Gasteiger partial charge on any atom is -0.379 e. The second-order valence-electron chi connectivity index (χ2n) is 5.53. The van der Waals surface area contributed by atoms with Gasteiger partial charge in [0.25, 0.3) is 0 Å². The summed E-state index contributed by atoms with van der Waals surface area (Å²) in [5, 5.41) is 4.14. The lowest BCUT2D eigenvalue weighted by atomic mass is 10.0. The molecule has 0 bridgehead atoms. The molecule has 1 fully saturated rings. The Hall–Kier alpha value is -1.74. The Balaban J connectivity index is 1.62. The van der Waals surface area contributed by atoms with E-state index in [4.69, 9.17) is 11.6 Å². The highest BCUT2D eigenvalue weighted by Crippen LogP contribution is 2.27. The van der Waals surface area contributed by atoms with Crippen LogP contribution < -0.4 is 10.2 Å². The number of piperidine rings is 1. The molecule has 1 saturated heterocycles. The van der Waals surface area contributed by atoms with Crippen molar-refractivity contribution in [2.24, 2.45) is 0 Å². The summed E-state index contributed by atoms with van der Waals surface area (Å²) in [6.45, 7) is 4.20. The molecule has 0 amide bonds. The number of anilines is 2. The molecule has 1 aliphatic heterocycles. The third-order valence-corrected chi connectivity index (χ3v) is 4.36. The molecule has 3 nitrogen and oxygen atoms in total. The molecule has 110 valence electrons. The second-order valence-corrected chi connectivity index (χ2v) is 5.89. The number of nitrogens with zero attached hydrogens (tertiary/aromatic N) is 2. The highest BCUT2D eigenvalue weighted by atomic mass is 35.5. The number of aryl methyl sites for hydroxylation is 1. The number of hydrogen-bond donors (Lipinski definition) is 1. The van der Waals surface area contributed by atoms with Crippen molar-refractivity contribution in [2.45, 2.75) is 25.8 Å². The molecular formula is C17H20ClN3. The second kappa shape index (κ2) is 6.35. The van der Waals surface area contributed by atoms with E-state index in [1.165, 1.54) is 5.69 Å². The Bertz CT molecular complexity index is 572. The predicted octanol–water partition coefficient (Wildman–Crippen LogP) is 4.12. The highest BCUT2D eigenvalue weighted by molar-refractivity contribution is 6.32. The normalized spacial score (nSPS) is 16.0. The lowest BCUT2D eigenvalue weighted by molar-refractivity contribution is 0.526. The van der Waals surface area contributed by atoms with Crippen LogP contribution in [0.3, 0.4) is 0 Å². The maximum atomic E-state index is 6.19. The number of halogens is 1. The van der Waals surface area contributed by atoms with Gasteiger partial charge in [-0.15, -0.1) is 0 Å². The third-order valence-electron chi connectivity index (χ3n) is 4.08. The van der Waals surface area contributed by atoms with E-state index in [0.717, 1.165) is 37.2 Å². The van der Waals surface area contributed by atoms with Crippen LogP contribution in [0.1, 0.15) is 18.4 Å². The van der Waals surface area contributed by atoms with E-state index in [1.54, 1.807) is 6.20 Å². The number of aromatic nitrogens is 1. The molecule has 1 aliphatic rings. The van der Waals surface area contributed by atoms with E-state index in [0.29, 0.717) is 11.2 Å². The van der Waals surface area contributed by atoms with Crippen molar-refractivity contribution in [3.63, 3.8) is 0 Å². The molecule has 0 atom stereocenters. The molecule has 4 heteroatoms. The topological polar surface area (TPSA) is 28.2 Å². The summed E-state index contributed by atoms with van der Waals surface area (Å²) < 4.78 is 0. The number of hydrogen-bond acceptors (Lipinski definition) is 3. The van der Waals surface area contributed by atoms with Crippen LogP contribution in [-0.2, 0) is 0 Å². The zero-order valence-electron chi connectivity index (χ0n) is 12.2. The van der Waals surface area contributed by atoms with Crippen LogP contribution in [-0.4, -0.2) is 24.1 Å². The van der Waals surface area contributed by atoms with Gasteiger partial charge in [0.05, 0.1) is 5.69 Å². The van der Waals surface area contributed by atoms with Gasteiger partial charge in [0.1, 0.15) is 0 Å². The SMILES string of the molecule is Cc1ccnc(Cl)c1NC1CCN(c2ccccc2)CC1. The van der Waals surface area contributed by atoms with Gasteiger partial charge in [-0.25, -0.2) is 4.98 Å². The maximum absolute atomic E-state index is 6.19. The van der Waals surface area contributed by atoms with E-state index in [9.17, 15) is 0 Å². The fraction of sp³-hybridized carbons (Fsp3) is 0.353. The molecule has 0 aliphatic carbocycles. The van der Waals surface area contributed by atoms with E-state index in [-0.39, 0.29) is 0 Å². The third kappa shape index (κ3) is 3.30. The Morgan fingerprint density at radius 2 is 1.86 bits per heavy atom. The molecule has 0 radical (unpaired) electrons. The first kappa shape index (κ1) is 14.2. The van der Waals surface area contributed by atoms with Crippen molar-refractivity contribution in [3.05, 3.63) is 53.3 Å². The number of para-hydroxylation sites is 1. The molecule has 1 N–H and O–H groups in total. The molecule has 21 heavy (non-hydrogen) atoms. The monoisotopic (exact) mass is 301 g/mol. The van der Waals surface area contributed by atoms with Crippen LogP contribution in [0.25, 0.3) is 0 Å². The summed E-state index contributed by atoms with van der Waals surface area (Å²) in [7, 11) is 0. The van der Waals surface area contributed by atoms with Crippen molar-refractivity contribution < 1.29 is 0 Å². The summed E-state index contributed by atoms with van der Waals surface area (Å²) in [5.74, 6) is 0. The Morgan fingerprint density at radius 1 is 1.14 bits per heavy atom. The predicted molar refractivity (Wildman–Crippen MR) is 89.3 cm³/mol. The lowest BCUT2D eigenvalue weighted by Gasteiger charge is -2.34. The smallest absolute Gasteiger partial charge is 0.152 e. The van der Waals surface area contributed by atoms with Crippen molar-refractivity contribution in [1.82, 2.24) is 4.98 Å².